The summed E-state index contributed by atoms with van der Waals surface area (Å²) in [5.74, 6) is -0.126. The number of carbonyl (C=O) groups is 1. The molecule has 5 rings (SSSR count). The van der Waals surface area contributed by atoms with Crippen LogP contribution in [0.1, 0.15) is 12.0 Å². The number of benzene rings is 2. The molecule has 39 heavy (non-hydrogen) atoms. The molecule has 10 nitrogen and oxygen atoms in total. The summed E-state index contributed by atoms with van der Waals surface area (Å²) in [6.45, 7) is 2.18. The molecular weight excluding hydrogens is 502 g/mol. The Morgan fingerprint density at radius 3 is 2.36 bits per heavy atom. The fourth-order valence-corrected chi connectivity index (χ4v) is 4.79. The molecule has 10 heteroatoms. The topological polar surface area (TPSA) is 110 Å². The molecule has 0 amide bonds. The van der Waals surface area contributed by atoms with Gasteiger partial charge in [-0.15, -0.1) is 0 Å². The van der Waals surface area contributed by atoms with Crippen LogP contribution in [-0.4, -0.2) is 73.4 Å². The Hall–Kier alpha value is -3.57. The summed E-state index contributed by atoms with van der Waals surface area (Å²) >= 11 is 0. The first-order valence-corrected chi connectivity index (χ1v) is 13.1. The van der Waals surface area contributed by atoms with E-state index in [2.05, 4.69) is 10.3 Å². The highest BCUT2D eigenvalue weighted by Crippen LogP contribution is 2.31. The van der Waals surface area contributed by atoms with Crippen LogP contribution in [0.2, 0.25) is 0 Å². The second-order valence-electron chi connectivity index (χ2n) is 9.45. The van der Waals surface area contributed by atoms with Gasteiger partial charge in [0.25, 0.3) is 5.56 Å². The van der Waals surface area contributed by atoms with Crippen molar-refractivity contribution in [1.82, 2.24) is 9.55 Å². The molecule has 2 aliphatic heterocycles. The van der Waals surface area contributed by atoms with Crippen LogP contribution < -0.4 is 10.9 Å². The molecule has 3 heterocycles. The number of nitrogens with zero attached hydrogens (tertiary/aromatic N) is 2. The third kappa shape index (κ3) is 6.54. The molecule has 0 aliphatic carbocycles. The molecule has 0 unspecified atom stereocenters. The average Bonchev–Trinajstić information content (AvgIpc) is 3.57. The first-order valence-electron chi connectivity index (χ1n) is 13.1. The first kappa shape index (κ1) is 27.0. The van der Waals surface area contributed by atoms with Gasteiger partial charge in [-0.05, 0) is 12.0 Å². The normalized spacial score (nSPS) is 22.0. The van der Waals surface area contributed by atoms with Crippen molar-refractivity contribution in [2.75, 3.05) is 38.8 Å². The zero-order valence-electron chi connectivity index (χ0n) is 21.9. The van der Waals surface area contributed by atoms with E-state index in [4.69, 9.17) is 23.7 Å². The maximum Gasteiger partial charge on any atom is 0.325 e. The molecule has 2 aliphatic rings. The Bertz CT molecular complexity index is 1290. The maximum atomic E-state index is 13.2. The van der Waals surface area contributed by atoms with Gasteiger partial charge >= 0.3 is 5.97 Å². The number of aromatic nitrogens is 2. The molecule has 2 saturated heterocycles. The van der Waals surface area contributed by atoms with Gasteiger partial charge in [0, 0.05) is 18.7 Å². The lowest BCUT2D eigenvalue weighted by Gasteiger charge is -2.18. The Kier molecular flexibility index (Phi) is 9.00. The van der Waals surface area contributed by atoms with E-state index in [0.29, 0.717) is 50.9 Å². The van der Waals surface area contributed by atoms with Gasteiger partial charge in [0.1, 0.15) is 42.5 Å². The Balaban J connectivity index is 1.10. The van der Waals surface area contributed by atoms with Crippen molar-refractivity contribution >= 4 is 11.7 Å². The standard InChI is InChI=1S/C29H33N3O7/c1-35-25(33)16-32-28(21-11-6-3-7-12-21)31-15-22(29(32)34)30-13-8-14-36-23-18-38-27-24(19-39-26(23)27)37-17-20-9-4-2-5-10-20/h2-7,9-12,15,23-24,26-27,30H,8,13-14,16-19H2,1H3/t23-,24-,26-,27-/m1/s1. The van der Waals surface area contributed by atoms with Crippen LogP contribution >= 0.6 is 0 Å². The quantitative estimate of drug-likeness (QED) is 0.276. The van der Waals surface area contributed by atoms with E-state index in [-0.39, 0.29) is 36.5 Å². The Morgan fingerprint density at radius 2 is 1.67 bits per heavy atom. The molecule has 0 bridgehead atoms. The van der Waals surface area contributed by atoms with Crippen molar-refractivity contribution in [1.29, 1.82) is 0 Å². The zero-order valence-corrected chi connectivity index (χ0v) is 21.9. The number of carbonyl (C=O) groups excluding carboxylic acids is 1. The smallest absolute Gasteiger partial charge is 0.325 e. The van der Waals surface area contributed by atoms with Crippen LogP contribution in [0.4, 0.5) is 5.69 Å². The first-order chi connectivity index (χ1) is 19.1. The van der Waals surface area contributed by atoms with E-state index in [0.717, 1.165) is 11.1 Å². The summed E-state index contributed by atoms with van der Waals surface area (Å²) in [6, 6.07) is 19.3. The molecule has 0 spiro atoms. The molecule has 206 valence electrons. The highest BCUT2D eigenvalue weighted by molar-refractivity contribution is 5.70. The summed E-state index contributed by atoms with van der Waals surface area (Å²) in [6.07, 6.45) is 1.57. The summed E-state index contributed by atoms with van der Waals surface area (Å²) < 4.78 is 30.1. The fraction of sp³-hybridized carbons (Fsp3) is 0.414. The van der Waals surface area contributed by atoms with Crippen molar-refractivity contribution in [3.05, 3.63) is 82.8 Å². The second-order valence-corrected chi connectivity index (χ2v) is 9.45. The van der Waals surface area contributed by atoms with Gasteiger partial charge in [-0.3, -0.25) is 14.2 Å². The van der Waals surface area contributed by atoms with Crippen LogP contribution in [0.5, 0.6) is 0 Å². The average molecular weight is 536 g/mol. The number of esters is 1. The van der Waals surface area contributed by atoms with Gasteiger partial charge in [-0.2, -0.15) is 0 Å². The highest BCUT2D eigenvalue weighted by atomic mass is 16.6. The van der Waals surface area contributed by atoms with Crippen LogP contribution in [0.25, 0.3) is 11.4 Å². The monoisotopic (exact) mass is 535 g/mol. The van der Waals surface area contributed by atoms with Crippen molar-refractivity contribution in [3.63, 3.8) is 0 Å². The molecule has 0 saturated carbocycles. The lowest BCUT2D eigenvalue weighted by atomic mass is 10.1. The summed E-state index contributed by atoms with van der Waals surface area (Å²) in [7, 11) is 1.29. The number of fused-ring (bicyclic) bond motifs is 1. The number of rotatable bonds is 12. The number of anilines is 1. The lowest BCUT2D eigenvalue weighted by Crippen LogP contribution is -2.34. The number of hydrogen-bond donors (Lipinski definition) is 1. The minimum absolute atomic E-state index is 0.121. The number of nitrogens with one attached hydrogen (secondary N) is 1. The van der Waals surface area contributed by atoms with E-state index < -0.39 is 5.97 Å². The second kappa shape index (κ2) is 13.0. The Labute approximate surface area is 226 Å². The van der Waals surface area contributed by atoms with Crippen LogP contribution in [-0.2, 0) is 41.6 Å². The van der Waals surface area contributed by atoms with Crippen molar-refractivity contribution in [3.8, 4) is 11.4 Å². The molecule has 3 aromatic rings. The summed E-state index contributed by atoms with van der Waals surface area (Å²) in [5.41, 5.74) is 1.81. The fourth-order valence-electron chi connectivity index (χ4n) is 4.79. The third-order valence-electron chi connectivity index (χ3n) is 6.83. The van der Waals surface area contributed by atoms with Crippen molar-refractivity contribution < 1.29 is 28.5 Å². The van der Waals surface area contributed by atoms with Gasteiger partial charge in [-0.1, -0.05) is 60.7 Å². The molecule has 2 aromatic carbocycles. The van der Waals surface area contributed by atoms with E-state index in [1.807, 2.05) is 60.7 Å². The minimum atomic E-state index is -0.527. The summed E-state index contributed by atoms with van der Waals surface area (Å²) in [5, 5.41) is 3.12. The van der Waals surface area contributed by atoms with Gasteiger partial charge < -0.3 is 29.0 Å². The molecular formula is C29H33N3O7. The third-order valence-corrected chi connectivity index (χ3v) is 6.83. The van der Waals surface area contributed by atoms with Crippen molar-refractivity contribution in [2.24, 2.45) is 0 Å². The molecule has 4 atom stereocenters. The zero-order chi connectivity index (χ0) is 27.0. The molecule has 1 N–H and O–H groups in total. The van der Waals surface area contributed by atoms with Gasteiger partial charge in [0.15, 0.2) is 0 Å². The van der Waals surface area contributed by atoms with E-state index in [1.165, 1.54) is 17.9 Å². The molecule has 1 aromatic heterocycles. The van der Waals surface area contributed by atoms with Crippen LogP contribution in [0, 0.1) is 0 Å². The van der Waals surface area contributed by atoms with E-state index in [9.17, 15) is 9.59 Å². The SMILES string of the molecule is COC(=O)Cn1c(-c2ccccc2)ncc(NCCCO[C@@H]2CO[C@H]3[C@@H]2OC[C@H]3OCc2ccccc2)c1=O. The van der Waals surface area contributed by atoms with E-state index >= 15 is 0 Å². The largest absolute Gasteiger partial charge is 0.468 e. The van der Waals surface area contributed by atoms with Crippen molar-refractivity contribution in [2.45, 2.75) is 44.0 Å². The minimum Gasteiger partial charge on any atom is -0.468 e. The molecule has 2 fully saturated rings. The van der Waals surface area contributed by atoms with Gasteiger partial charge in [0.05, 0.1) is 33.1 Å². The van der Waals surface area contributed by atoms with Crippen LogP contribution in [0.3, 0.4) is 0 Å². The summed E-state index contributed by atoms with van der Waals surface area (Å²) in [4.78, 5) is 29.6. The highest BCUT2D eigenvalue weighted by Gasteiger charge is 2.48. The number of ether oxygens (including phenoxy) is 5. The predicted molar refractivity (Wildman–Crippen MR) is 143 cm³/mol. The predicted octanol–water partition coefficient (Wildman–Crippen LogP) is 2.65. The lowest BCUT2D eigenvalue weighted by molar-refractivity contribution is -0.141. The van der Waals surface area contributed by atoms with Crippen LogP contribution in [0.15, 0.2) is 71.7 Å². The van der Waals surface area contributed by atoms with Gasteiger partial charge in [-0.25, -0.2) is 4.98 Å². The number of hydrogen-bond acceptors (Lipinski definition) is 9. The molecule has 0 radical (unpaired) electrons. The Morgan fingerprint density at radius 1 is 1.00 bits per heavy atom. The van der Waals surface area contributed by atoms with E-state index in [1.54, 1.807) is 0 Å². The maximum absolute atomic E-state index is 13.2. The van der Waals surface area contributed by atoms with Gasteiger partial charge in [0.2, 0.25) is 0 Å². The number of methoxy groups -OCH3 is 1.